The Morgan fingerprint density at radius 2 is 1.41 bits per heavy atom. The summed E-state index contributed by atoms with van der Waals surface area (Å²) in [6.07, 6.45) is 3.76. The minimum Gasteiger partial charge on any atom is -0.297 e. The molecule has 0 amide bonds. The van der Waals surface area contributed by atoms with Crippen LogP contribution in [-0.2, 0) is 0 Å². The molecule has 0 saturated heterocycles. The van der Waals surface area contributed by atoms with Gasteiger partial charge < -0.3 is 0 Å². The van der Waals surface area contributed by atoms with Crippen molar-refractivity contribution in [3.05, 3.63) is 115 Å². The largest absolute Gasteiger partial charge is 0.297 e. The van der Waals surface area contributed by atoms with Crippen molar-refractivity contribution in [2.75, 3.05) is 4.90 Å². The van der Waals surface area contributed by atoms with Gasteiger partial charge in [0.1, 0.15) is 12.1 Å². The maximum absolute atomic E-state index is 5.18. The molecule has 1 aliphatic heterocycles. The van der Waals surface area contributed by atoms with E-state index in [1.807, 2.05) is 30.7 Å². The summed E-state index contributed by atoms with van der Waals surface area (Å²) in [5, 5.41) is 0. The number of imidazole rings is 1. The van der Waals surface area contributed by atoms with Crippen LogP contribution in [0.5, 0.6) is 0 Å². The van der Waals surface area contributed by atoms with Crippen LogP contribution in [-0.4, -0.2) is 19.5 Å². The molecular weight excluding hydrogens is 454 g/mol. The second-order valence-electron chi connectivity index (χ2n) is 9.65. The molecule has 0 radical (unpaired) electrons. The van der Waals surface area contributed by atoms with Crippen molar-refractivity contribution in [3.63, 3.8) is 0 Å². The number of nitrogens with zero attached hydrogens (tertiary/aromatic N) is 5. The summed E-state index contributed by atoms with van der Waals surface area (Å²) in [6.45, 7) is 4.42. The van der Waals surface area contributed by atoms with Gasteiger partial charge in [-0.1, -0.05) is 74.5 Å². The maximum Gasteiger partial charge on any atom is 0.178 e. The number of pyridine rings is 2. The lowest BCUT2D eigenvalue weighted by molar-refractivity contribution is 0.862. The molecule has 0 fully saturated rings. The van der Waals surface area contributed by atoms with Crippen LogP contribution < -0.4 is 4.90 Å². The third-order valence-corrected chi connectivity index (χ3v) is 7.08. The molecule has 0 aliphatic carbocycles. The Kier molecular flexibility index (Phi) is 4.89. The van der Waals surface area contributed by atoms with Gasteiger partial charge in [-0.25, -0.2) is 15.0 Å². The minimum absolute atomic E-state index is 0.390. The van der Waals surface area contributed by atoms with Crippen molar-refractivity contribution in [1.82, 2.24) is 19.5 Å². The van der Waals surface area contributed by atoms with E-state index in [-0.39, 0.29) is 0 Å². The van der Waals surface area contributed by atoms with E-state index in [0.29, 0.717) is 11.6 Å². The Morgan fingerprint density at radius 1 is 0.676 bits per heavy atom. The Bertz CT molecular complexity index is 1770. The Labute approximate surface area is 215 Å². The number of hydrogen-bond donors (Lipinski definition) is 0. The fourth-order valence-electron chi connectivity index (χ4n) is 5.21. The van der Waals surface area contributed by atoms with Gasteiger partial charge in [0.25, 0.3) is 0 Å². The molecule has 0 N–H and O–H groups in total. The van der Waals surface area contributed by atoms with Crippen molar-refractivity contribution in [3.8, 4) is 28.1 Å². The van der Waals surface area contributed by atoms with Gasteiger partial charge in [0.15, 0.2) is 5.65 Å². The summed E-state index contributed by atoms with van der Waals surface area (Å²) in [4.78, 5) is 17.0. The number of aromatic nitrogens is 4. The van der Waals surface area contributed by atoms with E-state index in [4.69, 9.17) is 15.0 Å². The predicted octanol–water partition coefficient (Wildman–Crippen LogP) is 8.06. The zero-order valence-electron chi connectivity index (χ0n) is 20.7. The predicted molar refractivity (Wildman–Crippen MR) is 150 cm³/mol. The fraction of sp³-hybridized carbons (Fsp3) is 0.0938. The normalized spacial score (nSPS) is 12.2. The van der Waals surface area contributed by atoms with Crippen molar-refractivity contribution in [2.24, 2.45) is 0 Å². The van der Waals surface area contributed by atoms with E-state index in [1.54, 1.807) is 0 Å². The average molecular weight is 480 g/mol. The van der Waals surface area contributed by atoms with Crippen LogP contribution in [0.4, 0.5) is 17.2 Å². The molecule has 3 aromatic carbocycles. The number of hydrogen-bond acceptors (Lipinski definition) is 4. The molecule has 0 saturated carbocycles. The van der Waals surface area contributed by atoms with Gasteiger partial charge in [-0.05, 0) is 53.4 Å². The lowest BCUT2D eigenvalue weighted by Gasteiger charge is -2.26. The molecule has 1 aliphatic rings. The lowest BCUT2D eigenvalue weighted by atomic mass is 9.97. The third-order valence-electron chi connectivity index (χ3n) is 7.08. The first-order chi connectivity index (χ1) is 18.2. The van der Waals surface area contributed by atoms with Crippen LogP contribution in [0.2, 0.25) is 0 Å². The molecule has 0 bridgehead atoms. The van der Waals surface area contributed by atoms with Crippen LogP contribution in [0, 0.1) is 0 Å². The number of para-hydroxylation sites is 2. The van der Waals surface area contributed by atoms with Gasteiger partial charge >= 0.3 is 0 Å². The van der Waals surface area contributed by atoms with E-state index in [0.717, 1.165) is 50.8 Å². The van der Waals surface area contributed by atoms with Crippen molar-refractivity contribution in [2.45, 2.75) is 19.8 Å². The van der Waals surface area contributed by atoms with Crippen LogP contribution in [0.3, 0.4) is 0 Å². The molecular formula is C32H25N5. The van der Waals surface area contributed by atoms with Gasteiger partial charge in [0.05, 0.1) is 22.6 Å². The highest BCUT2D eigenvalue weighted by Crippen LogP contribution is 2.50. The zero-order valence-corrected chi connectivity index (χ0v) is 20.7. The van der Waals surface area contributed by atoms with E-state index < -0.39 is 0 Å². The molecule has 0 unspecified atom stereocenters. The SMILES string of the molecule is CC(C)c1ccnc(N2c3ccccc3-c3ccccc3-c3nc4ncn(-c5ccccc5)c4cc32)c1. The molecule has 5 heteroatoms. The summed E-state index contributed by atoms with van der Waals surface area (Å²) < 4.78 is 2.10. The number of benzene rings is 3. The smallest absolute Gasteiger partial charge is 0.178 e. The third kappa shape index (κ3) is 3.43. The quantitative estimate of drug-likeness (QED) is 0.257. The molecule has 7 rings (SSSR count). The van der Waals surface area contributed by atoms with E-state index >= 15 is 0 Å². The maximum atomic E-state index is 5.18. The molecule has 37 heavy (non-hydrogen) atoms. The van der Waals surface area contributed by atoms with E-state index in [9.17, 15) is 0 Å². The van der Waals surface area contributed by atoms with Gasteiger partial charge in [-0.15, -0.1) is 0 Å². The number of anilines is 3. The summed E-state index contributed by atoms with van der Waals surface area (Å²) >= 11 is 0. The lowest BCUT2D eigenvalue weighted by Crippen LogP contribution is -2.13. The van der Waals surface area contributed by atoms with Gasteiger partial charge in [-0.2, -0.15) is 0 Å². The first-order valence-electron chi connectivity index (χ1n) is 12.6. The van der Waals surface area contributed by atoms with Crippen molar-refractivity contribution in [1.29, 1.82) is 0 Å². The molecule has 0 atom stereocenters. The van der Waals surface area contributed by atoms with Crippen molar-refractivity contribution < 1.29 is 0 Å². The highest BCUT2D eigenvalue weighted by molar-refractivity contribution is 6.03. The molecule has 178 valence electrons. The van der Waals surface area contributed by atoms with E-state index in [1.165, 1.54) is 5.56 Å². The second-order valence-corrected chi connectivity index (χ2v) is 9.65. The molecule has 6 aromatic rings. The standard InChI is InChI=1S/C32H25N5/c1-21(2)22-16-17-33-30(18-22)37-27-15-9-8-13-25(27)24-12-6-7-14-26(24)31-28(37)19-29-32(35-31)34-20-36(29)23-10-4-3-5-11-23/h3-21H,1-2H3. The van der Waals surface area contributed by atoms with Crippen molar-refractivity contribution >= 4 is 28.4 Å². The summed E-state index contributed by atoms with van der Waals surface area (Å²) in [7, 11) is 0. The number of fused-ring (bicyclic) bond motifs is 6. The molecule has 0 spiro atoms. The van der Waals surface area contributed by atoms with Crippen LogP contribution in [0.1, 0.15) is 25.3 Å². The number of rotatable bonds is 3. The first kappa shape index (κ1) is 21.5. The van der Waals surface area contributed by atoms with Crippen LogP contribution >= 0.6 is 0 Å². The molecule has 5 nitrogen and oxygen atoms in total. The zero-order chi connectivity index (χ0) is 24.9. The highest BCUT2D eigenvalue weighted by atomic mass is 15.2. The Hall–Kier alpha value is -4.77. The van der Waals surface area contributed by atoms with Gasteiger partial charge in [0.2, 0.25) is 0 Å². The Morgan fingerprint density at radius 3 is 2.22 bits per heavy atom. The topological polar surface area (TPSA) is 46.8 Å². The Balaban J connectivity index is 1.59. The van der Waals surface area contributed by atoms with Gasteiger partial charge in [-0.3, -0.25) is 9.47 Å². The molecule has 4 heterocycles. The molecule has 3 aromatic heterocycles. The minimum atomic E-state index is 0.390. The van der Waals surface area contributed by atoms with Gasteiger partial charge in [0, 0.05) is 23.0 Å². The average Bonchev–Trinajstić information content (AvgIpc) is 3.32. The summed E-state index contributed by atoms with van der Waals surface area (Å²) in [5.41, 5.74) is 10.3. The van der Waals surface area contributed by atoms with E-state index in [2.05, 4.69) is 102 Å². The highest BCUT2D eigenvalue weighted by Gasteiger charge is 2.29. The van der Waals surface area contributed by atoms with Crippen LogP contribution in [0.15, 0.2) is 110 Å². The second kappa shape index (κ2) is 8.42. The summed E-state index contributed by atoms with van der Waals surface area (Å²) in [5.74, 6) is 1.26. The fourth-order valence-corrected chi connectivity index (χ4v) is 5.21. The monoisotopic (exact) mass is 479 g/mol. The summed E-state index contributed by atoms with van der Waals surface area (Å²) in [6, 6.07) is 33.8. The van der Waals surface area contributed by atoms with Crippen LogP contribution in [0.25, 0.3) is 39.2 Å². The first-order valence-corrected chi connectivity index (χ1v) is 12.6.